The van der Waals surface area contributed by atoms with Crippen LogP contribution >= 0.6 is 0 Å². The predicted octanol–water partition coefficient (Wildman–Crippen LogP) is -9.81. The van der Waals surface area contributed by atoms with Crippen LogP contribution in [0.15, 0.2) is 0 Å². The van der Waals surface area contributed by atoms with Crippen molar-refractivity contribution in [2.24, 2.45) is 0 Å². The van der Waals surface area contributed by atoms with Crippen molar-refractivity contribution in [3.8, 4) is 0 Å². The van der Waals surface area contributed by atoms with E-state index in [2.05, 4.69) is 0 Å². The van der Waals surface area contributed by atoms with Gasteiger partial charge >= 0.3 is 59.1 Å². The van der Waals surface area contributed by atoms with Crippen LogP contribution in [0, 0.1) is 0 Å². The standard InChI is InChI=1S/C7H11NO5.2Na/c9-6(10)2-8(3-7(11)12)1-5-4-13-5;;/h5H,1-4H2,(H,9,10)(H,11,12);;/q;2*+1/p-2. The smallest absolute Gasteiger partial charge is 0.549 e. The van der Waals surface area contributed by atoms with Gasteiger partial charge in [-0.3, -0.25) is 4.90 Å². The van der Waals surface area contributed by atoms with E-state index in [0.717, 1.165) is 0 Å². The normalized spacial score (nSPS) is 17.5. The molecule has 1 fully saturated rings. The number of hydrogen-bond acceptors (Lipinski definition) is 6. The first kappa shape index (κ1) is 18.2. The van der Waals surface area contributed by atoms with Crippen molar-refractivity contribution in [1.82, 2.24) is 4.90 Å². The molecule has 0 aromatic heterocycles. The van der Waals surface area contributed by atoms with Gasteiger partial charge in [0.2, 0.25) is 0 Å². The minimum atomic E-state index is -1.30. The topological polar surface area (TPSA) is 96.0 Å². The zero-order chi connectivity index (χ0) is 9.84. The van der Waals surface area contributed by atoms with Crippen molar-refractivity contribution in [2.75, 3.05) is 26.2 Å². The number of carboxylic acid groups (broad SMARTS) is 2. The zero-order valence-electron chi connectivity index (χ0n) is 8.89. The predicted molar refractivity (Wildman–Crippen MR) is 36.2 cm³/mol. The average molecular weight is 233 g/mol. The van der Waals surface area contributed by atoms with Crippen LogP contribution in [0.3, 0.4) is 0 Å². The second-order valence-electron chi connectivity index (χ2n) is 2.87. The van der Waals surface area contributed by atoms with E-state index in [1.807, 2.05) is 0 Å². The molecule has 0 radical (unpaired) electrons. The van der Waals surface area contributed by atoms with E-state index in [9.17, 15) is 19.8 Å². The van der Waals surface area contributed by atoms with Gasteiger partial charge in [-0.15, -0.1) is 0 Å². The van der Waals surface area contributed by atoms with Crippen LogP contribution in [0.2, 0.25) is 0 Å². The van der Waals surface area contributed by atoms with Crippen LogP contribution in [-0.4, -0.2) is 49.2 Å². The van der Waals surface area contributed by atoms with Gasteiger partial charge < -0.3 is 24.5 Å². The molecule has 0 spiro atoms. The van der Waals surface area contributed by atoms with Crippen molar-refractivity contribution in [2.45, 2.75) is 6.10 Å². The van der Waals surface area contributed by atoms with Crippen molar-refractivity contribution in [1.29, 1.82) is 0 Å². The van der Waals surface area contributed by atoms with Crippen molar-refractivity contribution >= 4 is 11.9 Å². The number of nitrogens with zero attached hydrogens (tertiary/aromatic N) is 1. The Morgan fingerprint density at radius 1 is 1.20 bits per heavy atom. The number of aliphatic carboxylic acids is 2. The molecule has 1 aliphatic rings. The molecule has 6 nitrogen and oxygen atoms in total. The summed E-state index contributed by atoms with van der Waals surface area (Å²) in [5, 5.41) is 20.4. The van der Waals surface area contributed by atoms with Crippen LogP contribution in [0.5, 0.6) is 0 Å². The number of carbonyl (C=O) groups excluding carboxylic acids is 2. The van der Waals surface area contributed by atoms with E-state index in [-0.39, 0.29) is 65.2 Å². The largest absolute Gasteiger partial charge is 1.00 e. The van der Waals surface area contributed by atoms with E-state index in [4.69, 9.17) is 4.74 Å². The summed E-state index contributed by atoms with van der Waals surface area (Å²) in [5.74, 6) is -2.61. The molecule has 1 aliphatic heterocycles. The molecule has 1 heterocycles. The molecule has 0 amide bonds. The first-order valence-corrected chi connectivity index (χ1v) is 3.81. The number of rotatable bonds is 6. The molecular formula is C7H9NNa2O5. The van der Waals surface area contributed by atoms with Crippen molar-refractivity contribution in [3.05, 3.63) is 0 Å². The Morgan fingerprint density at radius 3 is 1.87 bits per heavy atom. The van der Waals surface area contributed by atoms with Gasteiger partial charge in [-0.1, -0.05) is 0 Å². The fourth-order valence-corrected chi connectivity index (χ4v) is 1.01. The average Bonchev–Trinajstić information content (AvgIpc) is 2.67. The summed E-state index contributed by atoms with van der Waals surface area (Å²) in [6.07, 6.45) is -0.0429. The van der Waals surface area contributed by atoms with Crippen LogP contribution in [-0.2, 0) is 14.3 Å². The van der Waals surface area contributed by atoms with Gasteiger partial charge in [0.1, 0.15) is 0 Å². The van der Waals surface area contributed by atoms with Crippen LogP contribution < -0.4 is 69.3 Å². The van der Waals surface area contributed by atoms with Crippen molar-refractivity contribution in [3.63, 3.8) is 0 Å². The Hall–Kier alpha value is 0.860. The van der Waals surface area contributed by atoms with Crippen LogP contribution in [0.1, 0.15) is 0 Å². The fourth-order valence-electron chi connectivity index (χ4n) is 1.01. The minimum Gasteiger partial charge on any atom is -0.549 e. The molecule has 1 atom stereocenters. The Bertz CT molecular complexity index is 205. The molecule has 74 valence electrons. The second-order valence-corrected chi connectivity index (χ2v) is 2.87. The van der Waals surface area contributed by atoms with E-state index in [1.54, 1.807) is 0 Å². The Balaban J connectivity index is 0. The summed E-state index contributed by atoms with van der Waals surface area (Å²) in [7, 11) is 0. The third-order valence-electron chi connectivity index (χ3n) is 1.57. The summed E-state index contributed by atoms with van der Waals surface area (Å²) in [6.45, 7) is 0.0280. The Kier molecular flexibility index (Phi) is 10.9. The van der Waals surface area contributed by atoms with Gasteiger partial charge in [0.25, 0.3) is 0 Å². The molecule has 0 aliphatic carbocycles. The van der Waals surface area contributed by atoms with Gasteiger partial charge in [-0.25, -0.2) is 0 Å². The third-order valence-corrected chi connectivity index (χ3v) is 1.57. The summed E-state index contributed by atoms with van der Waals surface area (Å²) in [4.78, 5) is 21.6. The molecule has 0 saturated carbocycles. The second kappa shape index (κ2) is 8.95. The number of epoxide rings is 1. The molecule has 0 bridgehead atoms. The number of carboxylic acids is 2. The number of hydrogen-bond donors (Lipinski definition) is 0. The molecule has 0 aromatic rings. The molecule has 1 rings (SSSR count). The Labute approximate surface area is 132 Å². The van der Waals surface area contributed by atoms with Gasteiger partial charge in [-0.2, -0.15) is 0 Å². The van der Waals surface area contributed by atoms with E-state index in [0.29, 0.717) is 13.2 Å². The van der Waals surface area contributed by atoms with Crippen LogP contribution in [0.4, 0.5) is 0 Å². The zero-order valence-corrected chi connectivity index (χ0v) is 12.9. The monoisotopic (exact) mass is 233 g/mol. The van der Waals surface area contributed by atoms with E-state index in [1.165, 1.54) is 4.90 Å². The number of ether oxygens (including phenoxy) is 1. The van der Waals surface area contributed by atoms with Gasteiger partial charge in [-0.05, 0) is 0 Å². The van der Waals surface area contributed by atoms with Crippen molar-refractivity contribution < 1.29 is 83.7 Å². The summed E-state index contributed by atoms with van der Waals surface area (Å²) >= 11 is 0. The quantitative estimate of drug-likeness (QED) is 0.334. The maximum atomic E-state index is 10.2. The SMILES string of the molecule is O=C([O-])CN(CC(=O)[O-])CC1CO1.[Na+].[Na+]. The molecule has 8 heteroatoms. The molecule has 0 N–H and O–H groups in total. The van der Waals surface area contributed by atoms with Gasteiger partial charge in [0.15, 0.2) is 0 Å². The summed E-state index contributed by atoms with van der Waals surface area (Å²) < 4.78 is 4.83. The minimum absolute atomic E-state index is 0. The van der Waals surface area contributed by atoms with Crippen LogP contribution in [0.25, 0.3) is 0 Å². The third kappa shape index (κ3) is 9.77. The summed E-state index contributed by atoms with van der Waals surface area (Å²) in [5.41, 5.74) is 0. The molecular weight excluding hydrogens is 224 g/mol. The molecule has 1 saturated heterocycles. The molecule has 15 heavy (non-hydrogen) atoms. The summed E-state index contributed by atoms with van der Waals surface area (Å²) in [6, 6.07) is 0. The van der Waals surface area contributed by atoms with E-state index >= 15 is 0 Å². The van der Waals surface area contributed by atoms with E-state index < -0.39 is 25.0 Å². The first-order valence-electron chi connectivity index (χ1n) is 3.81. The maximum absolute atomic E-state index is 10.2. The molecule has 1 unspecified atom stereocenters. The first-order chi connectivity index (χ1) is 6.08. The number of carbonyl (C=O) groups is 2. The van der Waals surface area contributed by atoms with Gasteiger partial charge in [0.05, 0.1) is 24.6 Å². The fraction of sp³-hybridized carbons (Fsp3) is 0.714. The molecule has 0 aromatic carbocycles. The maximum Gasteiger partial charge on any atom is 1.00 e. The van der Waals surface area contributed by atoms with Gasteiger partial charge in [0, 0.05) is 19.6 Å². The Morgan fingerprint density at radius 2 is 1.60 bits per heavy atom.